The highest BCUT2D eigenvalue weighted by Gasteiger charge is 2.20. The molecule has 0 radical (unpaired) electrons. The van der Waals surface area contributed by atoms with Crippen LogP contribution in [0.1, 0.15) is 25.8 Å². The average molecular weight is 395 g/mol. The highest BCUT2D eigenvalue weighted by molar-refractivity contribution is 6.30. The van der Waals surface area contributed by atoms with Gasteiger partial charge in [0, 0.05) is 43.8 Å². The molecular weight excluding hydrogens is 364 g/mol. The molecule has 0 spiro atoms. The first-order valence-electron chi connectivity index (χ1n) is 9.71. The minimum absolute atomic E-state index is 0.0481. The van der Waals surface area contributed by atoms with E-state index in [1.165, 1.54) is 0 Å². The quantitative estimate of drug-likeness (QED) is 0.666. The molecule has 1 atom stereocenters. The van der Waals surface area contributed by atoms with Gasteiger partial charge in [0.25, 0.3) is 0 Å². The van der Waals surface area contributed by atoms with Gasteiger partial charge in [0.1, 0.15) is 0 Å². The number of carbonyl (C=O) groups excluding carboxylic acids is 2. The van der Waals surface area contributed by atoms with Crippen molar-refractivity contribution < 1.29 is 9.59 Å². The third kappa shape index (κ3) is 8.28. The lowest BCUT2D eigenvalue weighted by atomic mass is 10.1. The van der Waals surface area contributed by atoms with E-state index in [9.17, 15) is 9.59 Å². The first-order chi connectivity index (χ1) is 13.0. The summed E-state index contributed by atoms with van der Waals surface area (Å²) in [4.78, 5) is 28.4. The minimum Gasteiger partial charge on any atom is -0.355 e. The molecule has 1 unspecified atom stereocenters. The maximum absolute atomic E-state index is 12.1. The minimum atomic E-state index is 0.0481. The van der Waals surface area contributed by atoms with Gasteiger partial charge in [0.05, 0.1) is 13.1 Å². The van der Waals surface area contributed by atoms with E-state index in [1.807, 2.05) is 31.2 Å². The zero-order valence-corrected chi connectivity index (χ0v) is 17.1. The number of hydrogen-bond acceptors (Lipinski definition) is 4. The molecule has 1 aliphatic heterocycles. The maximum atomic E-state index is 12.1. The highest BCUT2D eigenvalue weighted by Crippen LogP contribution is 2.09. The molecule has 1 aromatic carbocycles. The second-order valence-electron chi connectivity index (χ2n) is 7.16. The molecule has 2 amide bonds. The molecule has 2 N–H and O–H groups in total. The number of nitrogens with one attached hydrogen (secondary N) is 2. The Balaban J connectivity index is 1.60. The Bertz CT molecular complexity index is 601. The zero-order chi connectivity index (χ0) is 19.6. The smallest absolute Gasteiger partial charge is 0.234 e. The molecule has 1 aliphatic rings. The van der Waals surface area contributed by atoms with Crippen molar-refractivity contribution in [2.45, 2.75) is 32.7 Å². The van der Waals surface area contributed by atoms with Gasteiger partial charge in [-0.05, 0) is 37.5 Å². The van der Waals surface area contributed by atoms with Gasteiger partial charge < -0.3 is 10.6 Å². The van der Waals surface area contributed by atoms with Crippen LogP contribution in [0.15, 0.2) is 24.3 Å². The molecule has 1 fully saturated rings. The fraction of sp³-hybridized carbons (Fsp3) is 0.600. The number of hydrogen-bond donors (Lipinski definition) is 2. The summed E-state index contributed by atoms with van der Waals surface area (Å²) in [5, 5.41) is 6.69. The lowest BCUT2D eigenvalue weighted by molar-refractivity contribution is -0.125. The molecule has 1 saturated heterocycles. The van der Waals surface area contributed by atoms with Crippen molar-refractivity contribution in [2.24, 2.45) is 0 Å². The molecule has 0 aromatic heterocycles. The Morgan fingerprint density at radius 1 is 1.04 bits per heavy atom. The molecule has 2 rings (SSSR count). The van der Waals surface area contributed by atoms with Crippen molar-refractivity contribution in [1.82, 2.24) is 20.4 Å². The van der Waals surface area contributed by atoms with Gasteiger partial charge in [0.2, 0.25) is 11.8 Å². The van der Waals surface area contributed by atoms with Crippen LogP contribution in [0.5, 0.6) is 0 Å². The van der Waals surface area contributed by atoms with Gasteiger partial charge in [0.15, 0.2) is 0 Å². The number of rotatable bonds is 9. The predicted octanol–water partition coefficient (Wildman–Crippen LogP) is 1.53. The lowest BCUT2D eigenvalue weighted by Gasteiger charge is -2.34. The predicted molar refractivity (Wildman–Crippen MR) is 109 cm³/mol. The molecule has 1 aromatic rings. The lowest BCUT2D eigenvalue weighted by Crippen LogP contribution is -2.52. The summed E-state index contributed by atoms with van der Waals surface area (Å²) in [7, 11) is 0. The van der Waals surface area contributed by atoms with E-state index < -0.39 is 0 Å². The van der Waals surface area contributed by atoms with Crippen molar-refractivity contribution in [3.63, 3.8) is 0 Å². The van der Waals surface area contributed by atoms with Gasteiger partial charge in [-0.25, -0.2) is 0 Å². The Kier molecular flexibility index (Phi) is 9.04. The van der Waals surface area contributed by atoms with E-state index in [0.717, 1.165) is 49.6 Å². The van der Waals surface area contributed by atoms with Crippen LogP contribution in [0.25, 0.3) is 0 Å². The van der Waals surface area contributed by atoms with Gasteiger partial charge in [-0.1, -0.05) is 30.7 Å². The number of benzene rings is 1. The molecule has 27 heavy (non-hydrogen) atoms. The SMILES string of the molecule is CCC(C)NC(=O)CN1CCN(CC(=O)NCCc2ccc(Cl)cc2)CC1. The third-order valence-electron chi connectivity index (χ3n) is 4.87. The van der Waals surface area contributed by atoms with Gasteiger partial charge >= 0.3 is 0 Å². The molecule has 1 heterocycles. The Hall–Kier alpha value is -1.63. The topological polar surface area (TPSA) is 64.7 Å². The second-order valence-corrected chi connectivity index (χ2v) is 7.59. The van der Waals surface area contributed by atoms with Crippen molar-refractivity contribution in [3.8, 4) is 0 Å². The largest absolute Gasteiger partial charge is 0.355 e. The summed E-state index contributed by atoms with van der Waals surface area (Å²) in [5.41, 5.74) is 1.16. The van der Waals surface area contributed by atoms with Gasteiger partial charge in [-0.3, -0.25) is 19.4 Å². The number of carbonyl (C=O) groups is 2. The third-order valence-corrected chi connectivity index (χ3v) is 5.12. The summed E-state index contributed by atoms with van der Waals surface area (Å²) in [5.74, 6) is 0.129. The Labute approximate surface area is 167 Å². The number of halogens is 1. The van der Waals surface area contributed by atoms with Crippen LogP contribution in [0, 0.1) is 0 Å². The van der Waals surface area contributed by atoms with E-state index in [2.05, 4.69) is 27.4 Å². The Morgan fingerprint density at radius 2 is 1.59 bits per heavy atom. The van der Waals surface area contributed by atoms with Crippen molar-refractivity contribution >= 4 is 23.4 Å². The maximum Gasteiger partial charge on any atom is 0.234 e. The highest BCUT2D eigenvalue weighted by atomic mass is 35.5. The molecule has 0 aliphatic carbocycles. The van der Waals surface area contributed by atoms with E-state index in [1.54, 1.807) is 0 Å². The summed E-state index contributed by atoms with van der Waals surface area (Å²) < 4.78 is 0. The van der Waals surface area contributed by atoms with Crippen LogP contribution in [0.4, 0.5) is 0 Å². The van der Waals surface area contributed by atoms with E-state index >= 15 is 0 Å². The van der Waals surface area contributed by atoms with E-state index in [-0.39, 0.29) is 17.9 Å². The van der Waals surface area contributed by atoms with Crippen LogP contribution >= 0.6 is 11.6 Å². The summed E-state index contributed by atoms with van der Waals surface area (Å²) >= 11 is 5.87. The average Bonchev–Trinajstić information content (AvgIpc) is 2.65. The van der Waals surface area contributed by atoms with Crippen LogP contribution < -0.4 is 10.6 Å². The molecule has 6 nitrogen and oxygen atoms in total. The van der Waals surface area contributed by atoms with Crippen LogP contribution in [-0.4, -0.2) is 73.5 Å². The molecule has 150 valence electrons. The molecule has 0 bridgehead atoms. The molecular formula is C20H31ClN4O2. The number of amides is 2. The summed E-state index contributed by atoms with van der Waals surface area (Å²) in [6.07, 6.45) is 1.73. The van der Waals surface area contributed by atoms with E-state index in [4.69, 9.17) is 11.6 Å². The van der Waals surface area contributed by atoms with Gasteiger partial charge in [-0.15, -0.1) is 0 Å². The summed E-state index contributed by atoms with van der Waals surface area (Å²) in [6, 6.07) is 7.90. The second kappa shape index (κ2) is 11.3. The van der Waals surface area contributed by atoms with E-state index in [0.29, 0.717) is 19.6 Å². The fourth-order valence-corrected chi connectivity index (χ4v) is 3.11. The number of nitrogens with zero attached hydrogens (tertiary/aromatic N) is 2. The first-order valence-corrected chi connectivity index (χ1v) is 10.1. The van der Waals surface area contributed by atoms with Crippen molar-refractivity contribution in [2.75, 3.05) is 45.8 Å². The molecule has 7 heteroatoms. The monoisotopic (exact) mass is 394 g/mol. The normalized spacial score (nSPS) is 16.7. The first kappa shape index (κ1) is 21.7. The fourth-order valence-electron chi connectivity index (χ4n) is 2.99. The van der Waals surface area contributed by atoms with Crippen molar-refractivity contribution in [3.05, 3.63) is 34.9 Å². The van der Waals surface area contributed by atoms with Crippen LogP contribution in [-0.2, 0) is 16.0 Å². The zero-order valence-electron chi connectivity index (χ0n) is 16.3. The van der Waals surface area contributed by atoms with Crippen molar-refractivity contribution in [1.29, 1.82) is 0 Å². The Morgan fingerprint density at radius 3 is 2.15 bits per heavy atom. The van der Waals surface area contributed by atoms with Crippen LogP contribution in [0.2, 0.25) is 5.02 Å². The summed E-state index contributed by atoms with van der Waals surface area (Å²) in [6.45, 7) is 8.78. The standard InChI is InChI=1S/C20H31ClN4O2/c1-3-16(2)23-20(27)15-25-12-10-24(11-13-25)14-19(26)22-9-8-17-4-6-18(21)7-5-17/h4-7,16H,3,8-15H2,1-2H3,(H,22,26)(H,23,27). The molecule has 0 saturated carbocycles. The van der Waals surface area contributed by atoms with Gasteiger partial charge in [-0.2, -0.15) is 0 Å². The number of piperazine rings is 1. The van der Waals surface area contributed by atoms with Crippen LogP contribution in [0.3, 0.4) is 0 Å².